The van der Waals surface area contributed by atoms with Gasteiger partial charge >= 0.3 is 0 Å². The van der Waals surface area contributed by atoms with Crippen molar-refractivity contribution in [2.75, 3.05) is 6.61 Å². The van der Waals surface area contributed by atoms with Gasteiger partial charge in [0.15, 0.2) is 6.61 Å². The van der Waals surface area contributed by atoms with Crippen LogP contribution >= 0.6 is 22.6 Å². The van der Waals surface area contributed by atoms with E-state index in [1.54, 1.807) is 6.21 Å². The van der Waals surface area contributed by atoms with Crippen LogP contribution in [0, 0.1) is 10.5 Å². The molecule has 1 N–H and O–H groups in total. The zero-order valence-electron chi connectivity index (χ0n) is 11.8. The topological polar surface area (TPSA) is 55.6 Å². The molecular formula is C15H16IN3O2. The van der Waals surface area contributed by atoms with E-state index < -0.39 is 0 Å². The highest BCUT2D eigenvalue weighted by atomic mass is 127. The fraction of sp³-hybridized carbons (Fsp3) is 0.200. The van der Waals surface area contributed by atoms with Gasteiger partial charge in [-0.15, -0.1) is 0 Å². The van der Waals surface area contributed by atoms with Crippen molar-refractivity contribution in [1.82, 2.24) is 9.99 Å². The summed E-state index contributed by atoms with van der Waals surface area (Å²) >= 11 is 2.16. The van der Waals surface area contributed by atoms with Gasteiger partial charge < -0.3 is 9.30 Å². The van der Waals surface area contributed by atoms with E-state index in [4.69, 9.17) is 4.74 Å². The molecule has 0 radical (unpaired) electrons. The molecule has 0 atom stereocenters. The number of carbonyl (C=O) groups is 1. The number of carbonyl (C=O) groups excluding carboxylic acids is 1. The average molecular weight is 397 g/mol. The summed E-state index contributed by atoms with van der Waals surface area (Å²) in [5, 5.41) is 3.92. The first-order chi connectivity index (χ1) is 10.1. The summed E-state index contributed by atoms with van der Waals surface area (Å²) in [5.74, 6) is 0.395. The van der Waals surface area contributed by atoms with Gasteiger partial charge in [-0.05, 0) is 53.8 Å². The van der Waals surface area contributed by atoms with E-state index in [9.17, 15) is 4.79 Å². The van der Waals surface area contributed by atoms with Gasteiger partial charge in [0.05, 0.1) is 15.5 Å². The summed E-state index contributed by atoms with van der Waals surface area (Å²) in [6.07, 6.45) is 1.61. The van der Waals surface area contributed by atoms with E-state index in [0.29, 0.717) is 5.75 Å². The van der Waals surface area contributed by atoms with Crippen LogP contribution < -0.4 is 10.2 Å². The van der Waals surface area contributed by atoms with Gasteiger partial charge in [0.25, 0.3) is 5.91 Å². The number of aryl methyl sites for hydroxylation is 1. The van der Waals surface area contributed by atoms with Crippen molar-refractivity contribution in [3.8, 4) is 5.75 Å². The molecule has 6 heteroatoms. The largest absolute Gasteiger partial charge is 0.483 e. The molecule has 2 aromatic rings. The second-order valence-corrected chi connectivity index (χ2v) is 5.63. The molecule has 0 aliphatic carbocycles. The number of para-hydroxylation sites is 1. The number of benzene rings is 1. The van der Waals surface area contributed by atoms with Crippen molar-refractivity contribution < 1.29 is 9.53 Å². The first-order valence-corrected chi connectivity index (χ1v) is 7.47. The lowest BCUT2D eigenvalue weighted by atomic mass is 10.3. The third-order valence-corrected chi connectivity index (χ3v) is 3.88. The van der Waals surface area contributed by atoms with E-state index in [2.05, 4.69) is 33.1 Å². The van der Waals surface area contributed by atoms with Crippen LogP contribution in [0.2, 0.25) is 0 Å². The third-order valence-electron chi connectivity index (χ3n) is 2.99. The summed E-state index contributed by atoms with van der Waals surface area (Å²) < 4.78 is 8.38. The van der Waals surface area contributed by atoms with Crippen LogP contribution in [-0.2, 0) is 11.8 Å². The predicted molar refractivity (Wildman–Crippen MR) is 90.5 cm³/mol. The Labute approximate surface area is 137 Å². The standard InChI is InChI=1S/C15H16IN3O2/c1-11-7-8-12(19(11)2)9-17-18-15(20)10-21-14-6-4-3-5-13(14)16/h3-9H,10H2,1-2H3,(H,18,20)/b17-9-. The Balaban J connectivity index is 1.83. The Morgan fingerprint density at radius 3 is 2.81 bits per heavy atom. The van der Waals surface area contributed by atoms with Crippen LogP contribution in [0.3, 0.4) is 0 Å². The van der Waals surface area contributed by atoms with Crippen LogP contribution in [0.1, 0.15) is 11.4 Å². The van der Waals surface area contributed by atoms with Gasteiger partial charge in [0, 0.05) is 12.7 Å². The minimum absolute atomic E-state index is 0.0660. The summed E-state index contributed by atoms with van der Waals surface area (Å²) in [6.45, 7) is 1.94. The number of rotatable bonds is 5. The lowest BCUT2D eigenvalue weighted by molar-refractivity contribution is -0.123. The summed E-state index contributed by atoms with van der Waals surface area (Å²) in [5.41, 5.74) is 4.50. The Morgan fingerprint density at radius 1 is 1.38 bits per heavy atom. The molecule has 5 nitrogen and oxygen atoms in total. The molecule has 21 heavy (non-hydrogen) atoms. The maximum Gasteiger partial charge on any atom is 0.277 e. The molecule has 0 unspecified atom stereocenters. The summed E-state index contributed by atoms with van der Waals surface area (Å²) in [7, 11) is 1.94. The van der Waals surface area contributed by atoms with Crippen molar-refractivity contribution in [2.24, 2.45) is 12.1 Å². The molecule has 0 aliphatic rings. The lowest BCUT2D eigenvalue weighted by Crippen LogP contribution is -2.24. The highest BCUT2D eigenvalue weighted by Gasteiger charge is 2.04. The lowest BCUT2D eigenvalue weighted by Gasteiger charge is -2.06. The van der Waals surface area contributed by atoms with E-state index in [-0.39, 0.29) is 12.5 Å². The molecule has 0 saturated carbocycles. The molecule has 1 aromatic heterocycles. The molecular weight excluding hydrogens is 381 g/mol. The normalized spacial score (nSPS) is 10.8. The van der Waals surface area contributed by atoms with E-state index >= 15 is 0 Å². The van der Waals surface area contributed by atoms with Gasteiger partial charge in [-0.1, -0.05) is 12.1 Å². The quantitative estimate of drug-likeness (QED) is 0.479. The molecule has 110 valence electrons. The van der Waals surface area contributed by atoms with E-state index in [1.807, 2.05) is 54.9 Å². The smallest absolute Gasteiger partial charge is 0.277 e. The Bertz CT molecular complexity index is 665. The monoisotopic (exact) mass is 397 g/mol. The number of aromatic nitrogens is 1. The number of nitrogens with zero attached hydrogens (tertiary/aromatic N) is 2. The van der Waals surface area contributed by atoms with Crippen LogP contribution in [0.5, 0.6) is 5.75 Å². The Hall–Kier alpha value is -1.83. The summed E-state index contributed by atoms with van der Waals surface area (Å²) in [4.78, 5) is 11.6. The SMILES string of the molecule is Cc1ccc(/C=N\NC(=O)COc2ccccc2I)n1C. The number of hydrogen-bond acceptors (Lipinski definition) is 3. The number of halogens is 1. The Kier molecular flexibility index (Phi) is 5.38. The van der Waals surface area contributed by atoms with Crippen LogP contribution in [0.25, 0.3) is 0 Å². The van der Waals surface area contributed by atoms with Gasteiger partial charge in [-0.25, -0.2) is 5.43 Å². The molecule has 1 amide bonds. The van der Waals surface area contributed by atoms with Gasteiger partial charge in [0.1, 0.15) is 5.75 Å². The first kappa shape index (κ1) is 15.6. The average Bonchev–Trinajstić information content (AvgIpc) is 2.78. The van der Waals surface area contributed by atoms with Gasteiger partial charge in [-0.2, -0.15) is 5.10 Å². The van der Waals surface area contributed by atoms with Crippen molar-refractivity contribution in [3.63, 3.8) is 0 Å². The maximum atomic E-state index is 11.6. The molecule has 1 aromatic carbocycles. The minimum atomic E-state index is -0.295. The second-order valence-electron chi connectivity index (χ2n) is 4.47. The molecule has 2 rings (SSSR count). The van der Waals surface area contributed by atoms with Gasteiger partial charge in [-0.3, -0.25) is 4.79 Å². The predicted octanol–water partition coefficient (Wildman–Crippen LogP) is 2.47. The van der Waals surface area contributed by atoms with Crippen LogP contribution in [0.15, 0.2) is 41.5 Å². The highest BCUT2D eigenvalue weighted by molar-refractivity contribution is 14.1. The second kappa shape index (κ2) is 7.26. The highest BCUT2D eigenvalue weighted by Crippen LogP contribution is 2.19. The molecule has 0 saturated heterocycles. The summed E-state index contributed by atoms with van der Waals surface area (Å²) in [6, 6.07) is 11.5. The fourth-order valence-corrected chi connectivity index (χ4v) is 2.21. The van der Waals surface area contributed by atoms with Crippen LogP contribution in [0.4, 0.5) is 0 Å². The maximum absolute atomic E-state index is 11.6. The number of hydrogen-bond donors (Lipinski definition) is 1. The molecule has 0 aliphatic heterocycles. The van der Waals surface area contributed by atoms with Crippen molar-refractivity contribution in [2.45, 2.75) is 6.92 Å². The number of amides is 1. The number of hydrazone groups is 1. The zero-order chi connectivity index (χ0) is 15.2. The zero-order valence-corrected chi connectivity index (χ0v) is 14.0. The fourth-order valence-electron chi connectivity index (χ4n) is 1.67. The molecule has 0 spiro atoms. The van der Waals surface area contributed by atoms with Crippen molar-refractivity contribution in [1.29, 1.82) is 0 Å². The first-order valence-electron chi connectivity index (χ1n) is 6.39. The minimum Gasteiger partial charge on any atom is -0.483 e. The number of ether oxygens (including phenoxy) is 1. The molecule has 0 bridgehead atoms. The van der Waals surface area contributed by atoms with Crippen molar-refractivity contribution >= 4 is 34.7 Å². The van der Waals surface area contributed by atoms with E-state index in [1.165, 1.54) is 0 Å². The number of nitrogens with one attached hydrogen (secondary N) is 1. The third kappa shape index (κ3) is 4.32. The van der Waals surface area contributed by atoms with Crippen molar-refractivity contribution in [3.05, 3.63) is 51.4 Å². The molecule has 1 heterocycles. The van der Waals surface area contributed by atoms with E-state index in [0.717, 1.165) is 15.0 Å². The Morgan fingerprint density at radius 2 is 2.14 bits per heavy atom. The van der Waals surface area contributed by atoms with Gasteiger partial charge in [0.2, 0.25) is 0 Å². The van der Waals surface area contributed by atoms with Crippen LogP contribution in [-0.4, -0.2) is 23.3 Å². The molecule has 0 fully saturated rings.